The lowest BCUT2D eigenvalue weighted by Gasteiger charge is -2.22. The molecule has 0 fully saturated rings. The number of sulfonamides is 1. The first-order valence-corrected chi connectivity index (χ1v) is 10.6. The summed E-state index contributed by atoms with van der Waals surface area (Å²) in [6.07, 6.45) is 1.84. The standard InChI is InChI=1S/C18H26ClN5O2S.HI/c1-20-18(24(3)14-17-11-16(19)13-23(17)2)21-9-10-27(25,26)22-12-15-7-5-4-6-8-15;/h4-8,11,13,22H,9-10,12,14H2,1-3H3,(H,20,21);1H. The minimum Gasteiger partial charge on any atom is -0.355 e. The van der Waals surface area contributed by atoms with Gasteiger partial charge in [-0.25, -0.2) is 13.1 Å². The summed E-state index contributed by atoms with van der Waals surface area (Å²) in [5.74, 6) is 0.577. The molecule has 1 aromatic carbocycles. The molecule has 0 aliphatic carbocycles. The highest BCUT2D eigenvalue weighted by atomic mass is 127. The second-order valence-electron chi connectivity index (χ2n) is 6.22. The van der Waals surface area contributed by atoms with Gasteiger partial charge in [0.05, 0.1) is 17.3 Å². The number of aromatic nitrogens is 1. The number of rotatable bonds is 8. The van der Waals surface area contributed by atoms with Crippen LogP contribution in [0.2, 0.25) is 5.02 Å². The van der Waals surface area contributed by atoms with Crippen molar-refractivity contribution in [3.8, 4) is 0 Å². The summed E-state index contributed by atoms with van der Waals surface area (Å²) in [4.78, 5) is 6.12. The van der Waals surface area contributed by atoms with Gasteiger partial charge >= 0.3 is 0 Å². The maximum atomic E-state index is 12.2. The molecule has 0 radical (unpaired) electrons. The fraction of sp³-hybridized carbons (Fsp3) is 0.389. The molecule has 0 aliphatic heterocycles. The first kappa shape index (κ1) is 24.7. The molecule has 0 unspecified atom stereocenters. The second kappa shape index (κ2) is 11.6. The molecule has 1 heterocycles. The van der Waals surface area contributed by atoms with E-state index in [0.29, 0.717) is 17.5 Å². The zero-order valence-corrected chi connectivity index (χ0v) is 20.1. The molecule has 28 heavy (non-hydrogen) atoms. The van der Waals surface area contributed by atoms with Crippen LogP contribution in [-0.4, -0.2) is 50.2 Å². The molecular formula is C18H27ClIN5O2S. The quantitative estimate of drug-likeness (QED) is 0.307. The number of guanidine groups is 1. The third-order valence-corrected chi connectivity index (χ3v) is 5.57. The van der Waals surface area contributed by atoms with Crippen LogP contribution < -0.4 is 10.0 Å². The Bertz CT molecular complexity index is 871. The molecular weight excluding hydrogens is 513 g/mol. The molecule has 10 heteroatoms. The largest absolute Gasteiger partial charge is 0.355 e. The van der Waals surface area contributed by atoms with Crippen LogP contribution in [-0.2, 0) is 30.2 Å². The van der Waals surface area contributed by atoms with Gasteiger partial charge in [-0.3, -0.25) is 4.99 Å². The van der Waals surface area contributed by atoms with Crippen molar-refractivity contribution in [2.75, 3.05) is 26.4 Å². The smallest absolute Gasteiger partial charge is 0.213 e. The van der Waals surface area contributed by atoms with Gasteiger partial charge < -0.3 is 14.8 Å². The Labute approximate surface area is 189 Å². The predicted molar refractivity (Wildman–Crippen MR) is 126 cm³/mol. The molecule has 2 aromatic rings. The van der Waals surface area contributed by atoms with E-state index in [0.717, 1.165) is 11.3 Å². The Morgan fingerprint density at radius 3 is 2.54 bits per heavy atom. The van der Waals surface area contributed by atoms with E-state index in [1.807, 2.05) is 66.2 Å². The number of aryl methyl sites for hydroxylation is 1. The van der Waals surface area contributed by atoms with E-state index in [2.05, 4.69) is 15.0 Å². The van der Waals surface area contributed by atoms with Gasteiger partial charge in [0.2, 0.25) is 10.0 Å². The lowest BCUT2D eigenvalue weighted by Crippen LogP contribution is -2.42. The monoisotopic (exact) mass is 539 g/mol. The number of benzene rings is 1. The molecule has 0 spiro atoms. The van der Waals surface area contributed by atoms with Crippen molar-refractivity contribution in [2.24, 2.45) is 12.0 Å². The van der Waals surface area contributed by atoms with Crippen molar-refractivity contribution in [1.82, 2.24) is 19.5 Å². The molecule has 0 aliphatic rings. The van der Waals surface area contributed by atoms with E-state index >= 15 is 0 Å². The second-order valence-corrected chi connectivity index (χ2v) is 8.58. The Morgan fingerprint density at radius 2 is 1.96 bits per heavy atom. The summed E-state index contributed by atoms with van der Waals surface area (Å²) in [6.45, 7) is 1.14. The lowest BCUT2D eigenvalue weighted by atomic mass is 10.2. The summed E-state index contributed by atoms with van der Waals surface area (Å²) >= 11 is 6.01. The van der Waals surface area contributed by atoms with Crippen molar-refractivity contribution >= 4 is 51.6 Å². The van der Waals surface area contributed by atoms with Crippen molar-refractivity contribution in [3.63, 3.8) is 0 Å². The Balaban J connectivity index is 0.00000392. The van der Waals surface area contributed by atoms with Crippen LogP contribution in [0.15, 0.2) is 47.6 Å². The number of aliphatic imine (C=N–C) groups is 1. The third kappa shape index (κ3) is 7.98. The topological polar surface area (TPSA) is 78.7 Å². The van der Waals surface area contributed by atoms with Crippen LogP contribution in [0.25, 0.3) is 0 Å². The predicted octanol–water partition coefficient (Wildman–Crippen LogP) is 2.42. The van der Waals surface area contributed by atoms with Crippen LogP contribution >= 0.6 is 35.6 Å². The molecule has 2 rings (SSSR count). The van der Waals surface area contributed by atoms with Crippen molar-refractivity contribution in [3.05, 3.63) is 58.9 Å². The third-order valence-electron chi connectivity index (χ3n) is 4.04. The highest BCUT2D eigenvalue weighted by Crippen LogP contribution is 2.14. The summed E-state index contributed by atoms with van der Waals surface area (Å²) in [6, 6.07) is 11.3. The molecule has 0 saturated carbocycles. The molecule has 156 valence electrons. The van der Waals surface area contributed by atoms with Crippen molar-refractivity contribution in [1.29, 1.82) is 0 Å². The van der Waals surface area contributed by atoms with Gasteiger partial charge in [0.25, 0.3) is 0 Å². The molecule has 2 N–H and O–H groups in total. The van der Waals surface area contributed by atoms with Crippen LogP contribution in [0.5, 0.6) is 0 Å². The van der Waals surface area contributed by atoms with E-state index in [4.69, 9.17) is 11.6 Å². The maximum Gasteiger partial charge on any atom is 0.213 e. The van der Waals surface area contributed by atoms with Gasteiger partial charge in [-0.1, -0.05) is 41.9 Å². The Hall–Kier alpha value is -1.30. The summed E-state index contributed by atoms with van der Waals surface area (Å²) in [5, 5.41) is 3.76. The Morgan fingerprint density at radius 1 is 1.29 bits per heavy atom. The summed E-state index contributed by atoms with van der Waals surface area (Å²) in [7, 11) is 2.10. The first-order valence-electron chi connectivity index (χ1n) is 8.54. The van der Waals surface area contributed by atoms with E-state index in [1.165, 1.54) is 0 Å². The fourth-order valence-corrected chi connectivity index (χ4v) is 3.76. The van der Waals surface area contributed by atoms with E-state index in [9.17, 15) is 8.42 Å². The molecule has 0 amide bonds. The van der Waals surface area contributed by atoms with Gasteiger partial charge in [-0.2, -0.15) is 0 Å². The number of hydrogen-bond donors (Lipinski definition) is 2. The van der Waals surface area contributed by atoms with E-state index < -0.39 is 10.0 Å². The molecule has 7 nitrogen and oxygen atoms in total. The van der Waals surface area contributed by atoms with Crippen molar-refractivity contribution in [2.45, 2.75) is 13.1 Å². The van der Waals surface area contributed by atoms with Gasteiger partial charge in [0, 0.05) is 46.1 Å². The molecule has 0 bridgehead atoms. The lowest BCUT2D eigenvalue weighted by molar-refractivity contribution is 0.463. The minimum atomic E-state index is -3.38. The van der Waals surface area contributed by atoms with Gasteiger partial charge in [0.1, 0.15) is 0 Å². The van der Waals surface area contributed by atoms with Crippen molar-refractivity contribution < 1.29 is 8.42 Å². The van der Waals surface area contributed by atoms with Gasteiger partial charge in [-0.15, -0.1) is 24.0 Å². The van der Waals surface area contributed by atoms with Gasteiger partial charge in [0.15, 0.2) is 5.96 Å². The highest BCUT2D eigenvalue weighted by molar-refractivity contribution is 14.0. The normalized spacial score (nSPS) is 11.8. The van der Waals surface area contributed by atoms with E-state index in [1.54, 1.807) is 7.05 Å². The summed E-state index contributed by atoms with van der Waals surface area (Å²) in [5.41, 5.74) is 1.95. The number of nitrogens with zero attached hydrogens (tertiary/aromatic N) is 3. The van der Waals surface area contributed by atoms with Crippen LogP contribution in [0.3, 0.4) is 0 Å². The van der Waals surface area contributed by atoms with Gasteiger partial charge in [-0.05, 0) is 11.6 Å². The minimum absolute atomic E-state index is 0. The number of halogens is 2. The fourth-order valence-electron chi connectivity index (χ4n) is 2.58. The van der Waals surface area contributed by atoms with Crippen LogP contribution in [0.1, 0.15) is 11.3 Å². The maximum absolute atomic E-state index is 12.2. The average Bonchev–Trinajstić information content (AvgIpc) is 2.95. The number of hydrogen-bond acceptors (Lipinski definition) is 3. The summed E-state index contributed by atoms with van der Waals surface area (Å²) < 4.78 is 28.9. The van der Waals surface area contributed by atoms with Crippen LogP contribution in [0.4, 0.5) is 0 Å². The molecule has 0 atom stereocenters. The van der Waals surface area contributed by atoms with E-state index in [-0.39, 0.29) is 42.8 Å². The average molecular weight is 540 g/mol. The SMILES string of the molecule is CN=C(NCCS(=O)(=O)NCc1ccccc1)N(C)Cc1cc(Cl)cn1C.I. The highest BCUT2D eigenvalue weighted by Gasteiger charge is 2.13. The molecule has 0 saturated heterocycles. The first-order chi connectivity index (χ1) is 12.8. The number of nitrogens with one attached hydrogen (secondary N) is 2. The zero-order chi connectivity index (χ0) is 19.9. The van der Waals surface area contributed by atoms with Crippen LogP contribution in [0, 0.1) is 0 Å². The Kier molecular flexibility index (Phi) is 10.3. The zero-order valence-electron chi connectivity index (χ0n) is 16.2. The molecule has 1 aromatic heterocycles.